The molecule has 0 aromatic heterocycles. The number of ether oxygens (including phenoxy) is 5. The lowest BCUT2D eigenvalue weighted by Crippen LogP contribution is -2.28. The van der Waals surface area contributed by atoms with E-state index in [9.17, 15) is 0 Å². The highest BCUT2D eigenvalue weighted by Crippen LogP contribution is 2.03. The number of rotatable bonds is 17. The van der Waals surface area contributed by atoms with Crippen LogP contribution in [0.1, 0.15) is 5.56 Å². The summed E-state index contributed by atoms with van der Waals surface area (Å²) < 4.78 is 27.3. The fourth-order valence-electron chi connectivity index (χ4n) is 1.97. The summed E-state index contributed by atoms with van der Waals surface area (Å²) in [5.41, 5.74) is 1.10. The highest BCUT2D eigenvalue weighted by Gasteiger charge is 2.10. The molecule has 0 saturated carbocycles. The van der Waals surface area contributed by atoms with E-state index >= 15 is 0 Å². The van der Waals surface area contributed by atoms with Gasteiger partial charge in [0.25, 0.3) is 0 Å². The third kappa shape index (κ3) is 12.9. The summed E-state index contributed by atoms with van der Waals surface area (Å²) in [5, 5.41) is 17.3. The summed E-state index contributed by atoms with van der Waals surface area (Å²) in [6.45, 7) is 3.61. The summed E-state index contributed by atoms with van der Waals surface area (Å²) in [7, 11) is 0. The van der Waals surface area contributed by atoms with Crippen molar-refractivity contribution >= 4 is 0 Å². The van der Waals surface area contributed by atoms with Crippen molar-refractivity contribution < 1.29 is 33.9 Å². The Morgan fingerprint density at radius 1 is 0.680 bits per heavy atom. The molecule has 1 aromatic carbocycles. The largest absolute Gasteiger partial charge is 0.394 e. The first-order chi connectivity index (χ1) is 12.4. The van der Waals surface area contributed by atoms with E-state index in [1.165, 1.54) is 0 Å². The van der Waals surface area contributed by atoms with Gasteiger partial charge in [-0.2, -0.15) is 0 Å². The molecule has 7 nitrogen and oxygen atoms in total. The van der Waals surface area contributed by atoms with Crippen LogP contribution in [0.2, 0.25) is 0 Å². The zero-order chi connectivity index (χ0) is 18.0. The van der Waals surface area contributed by atoms with Crippen molar-refractivity contribution in [3.05, 3.63) is 35.9 Å². The van der Waals surface area contributed by atoms with Crippen LogP contribution in [0, 0.1) is 0 Å². The van der Waals surface area contributed by atoms with E-state index in [2.05, 4.69) is 0 Å². The molecule has 0 bridgehead atoms. The Kier molecular flexibility index (Phi) is 14.4. The Balaban J connectivity index is 2.20. The number of aliphatic hydroxyl groups is 2. The van der Waals surface area contributed by atoms with Crippen LogP contribution in [0.4, 0.5) is 0 Å². The van der Waals surface area contributed by atoms with E-state index in [1.807, 2.05) is 30.3 Å². The van der Waals surface area contributed by atoms with Crippen molar-refractivity contribution in [1.82, 2.24) is 0 Å². The van der Waals surface area contributed by atoms with Gasteiger partial charge in [-0.15, -0.1) is 0 Å². The second-order valence-electron chi connectivity index (χ2n) is 5.24. The highest BCUT2D eigenvalue weighted by atomic mass is 16.6. The molecule has 1 unspecified atom stereocenters. The van der Waals surface area contributed by atoms with Gasteiger partial charge in [0.05, 0.1) is 72.7 Å². The van der Waals surface area contributed by atoms with Crippen LogP contribution in [0.3, 0.4) is 0 Å². The van der Waals surface area contributed by atoms with Crippen molar-refractivity contribution in [1.29, 1.82) is 0 Å². The van der Waals surface area contributed by atoms with E-state index in [4.69, 9.17) is 33.9 Å². The van der Waals surface area contributed by atoms with E-state index in [0.717, 1.165) is 5.56 Å². The fourth-order valence-corrected chi connectivity index (χ4v) is 1.97. The van der Waals surface area contributed by atoms with Crippen LogP contribution in [-0.4, -0.2) is 82.4 Å². The van der Waals surface area contributed by atoms with Gasteiger partial charge < -0.3 is 33.9 Å². The number of hydrogen-bond acceptors (Lipinski definition) is 7. The van der Waals surface area contributed by atoms with Crippen molar-refractivity contribution in [3.8, 4) is 0 Å². The SMILES string of the molecule is OCCOCCOCC(COCc1ccccc1)OCCOCCO. The Labute approximate surface area is 149 Å². The summed E-state index contributed by atoms with van der Waals surface area (Å²) in [5.74, 6) is 0. The number of aliphatic hydroxyl groups excluding tert-OH is 2. The highest BCUT2D eigenvalue weighted by molar-refractivity contribution is 5.13. The van der Waals surface area contributed by atoms with Crippen molar-refractivity contribution in [2.24, 2.45) is 0 Å². The molecule has 0 saturated heterocycles. The summed E-state index contributed by atoms with van der Waals surface area (Å²) in [6.07, 6.45) is -0.209. The number of hydrogen-bond donors (Lipinski definition) is 2. The predicted octanol–water partition coefficient (Wildman–Crippen LogP) is 0.623. The van der Waals surface area contributed by atoms with E-state index in [1.54, 1.807) is 0 Å². The van der Waals surface area contributed by atoms with Gasteiger partial charge in [0.1, 0.15) is 6.10 Å². The van der Waals surface area contributed by atoms with E-state index in [0.29, 0.717) is 59.5 Å². The van der Waals surface area contributed by atoms with Gasteiger partial charge in [-0.25, -0.2) is 0 Å². The lowest BCUT2D eigenvalue weighted by Gasteiger charge is -2.18. The standard InChI is InChI=1S/C18H30O7/c19-6-8-21-10-11-23-15-18(25-13-12-22-9-7-20)16-24-14-17-4-2-1-3-5-17/h1-5,18-20H,6-16H2. The zero-order valence-corrected chi connectivity index (χ0v) is 14.7. The fraction of sp³-hybridized carbons (Fsp3) is 0.667. The first-order valence-electron chi connectivity index (χ1n) is 8.55. The van der Waals surface area contributed by atoms with Gasteiger partial charge in [0.2, 0.25) is 0 Å². The minimum Gasteiger partial charge on any atom is -0.394 e. The molecular weight excluding hydrogens is 328 g/mol. The average molecular weight is 358 g/mol. The van der Waals surface area contributed by atoms with Gasteiger partial charge in [0.15, 0.2) is 0 Å². The smallest absolute Gasteiger partial charge is 0.104 e. The number of benzene rings is 1. The van der Waals surface area contributed by atoms with Crippen molar-refractivity contribution in [2.45, 2.75) is 12.7 Å². The van der Waals surface area contributed by atoms with Gasteiger partial charge in [-0.1, -0.05) is 30.3 Å². The van der Waals surface area contributed by atoms with Gasteiger partial charge in [-0.05, 0) is 5.56 Å². The van der Waals surface area contributed by atoms with Gasteiger partial charge in [-0.3, -0.25) is 0 Å². The average Bonchev–Trinajstić information content (AvgIpc) is 2.64. The van der Waals surface area contributed by atoms with Crippen LogP contribution in [0.15, 0.2) is 30.3 Å². The monoisotopic (exact) mass is 358 g/mol. The third-order valence-corrected chi connectivity index (χ3v) is 3.14. The summed E-state index contributed by atoms with van der Waals surface area (Å²) in [4.78, 5) is 0. The lowest BCUT2D eigenvalue weighted by molar-refractivity contribution is -0.0825. The maximum Gasteiger partial charge on any atom is 0.104 e. The van der Waals surface area contributed by atoms with Crippen LogP contribution in [0.25, 0.3) is 0 Å². The molecule has 0 aliphatic rings. The minimum absolute atomic E-state index is 0.000562. The topological polar surface area (TPSA) is 86.6 Å². The molecule has 0 amide bonds. The van der Waals surface area contributed by atoms with Crippen LogP contribution >= 0.6 is 0 Å². The molecular formula is C18H30O7. The molecule has 7 heteroatoms. The van der Waals surface area contributed by atoms with Crippen LogP contribution < -0.4 is 0 Å². The normalized spacial score (nSPS) is 12.4. The Morgan fingerprint density at radius 3 is 1.96 bits per heavy atom. The second kappa shape index (κ2) is 16.4. The minimum atomic E-state index is -0.209. The van der Waals surface area contributed by atoms with Crippen molar-refractivity contribution in [2.75, 3.05) is 66.1 Å². The predicted molar refractivity (Wildman–Crippen MR) is 92.5 cm³/mol. The van der Waals surface area contributed by atoms with Crippen molar-refractivity contribution in [3.63, 3.8) is 0 Å². The van der Waals surface area contributed by atoms with E-state index in [-0.39, 0.29) is 19.3 Å². The quantitative estimate of drug-likeness (QED) is 0.395. The van der Waals surface area contributed by atoms with Crippen LogP contribution in [0.5, 0.6) is 0 Å². The molecule has 1 rings (SSSR count). The molecule has 0 spiro atoms. The van der Waals surface area contributed by atoms with Gasteiger partial charge >= 0.3 is 0 Å². The summed E-state index contributed by atoms with van der Waals surface area (Å²) >= 11 is 0. The Hall–Kier alpha value is -1.06. The Morgan fingerprint density at radius 2 is 1.28 bits per heavy atom. The molecule has 0 radical (unpaired) electrons. The molecule has 0 aliphatic heterocycles. The molecule has 2 N–H and O–H groups in total. The zero-order valence-electron chi connectivity index (χ0n) is 14.7. The lowest BCUT2D eigenvalue weighted by atomic mass is 10.2. The third-order valence-electron chi connectivity index (χ3n) is 3.14. The molecule has 0 heterocycles. The maximum absolute atomic E-state index is 8.67. The molecule has 1 aromatic rings. The molecule has 0 fully saturated rings. The Bertz CT molecular complexity index is 388. The summed E-state index contributed by atoms with van der Waals surface area (Å²) in [6, 6.07) is 9.93. The molecule has 25 heavy (non-hydrogen) atoms. The van der Waals surface area contributed by atoms with E-state index < -0.39 is 0 Å². The first kappa shape index (κ1) is 22.0. The van der Waals surface area contributed by atoms with Gasteiger partial charge in [0, 0.05) is 0 Å². The molecule has 0 aliphatic carbocycles. The van der Waals surface area contributed by atoms with Crippen LogP contribution in [-0.2, 0) is 30.3 Å². The molecule has 1 atom stereocenters. The maximum atomic E-state index is 8.67. The molecule has 144 valence electrons. The first-order valence-corrected chi connectivity index (χ1v) is 8.55. The second-order valence-corrected chi connectivity index (χ2v) is 5.24.